The summed E-state index contributed by atoms with van der Waals surface area (Å²) in [4.78, 5) is 2.57. The summed E-state index contributed by atoms with van der Waals surface area (Å²) in [6.45, 7) is 8.18. The Morgan fingerprint density at radius 1 is 1.00 bits per heavy atom. The highest BCUT2D eigenvalue weighted by molar-refractivity contribution is 7.89. The highest BCUT2D eigenvalue weighted by Gasteiger charge is 2.30. The third-order valence-corrected chi connectivity index (χ3v) is 7.29. The number of hydrogen-bond acceptors (Lipinski definition) is 3. The van der Waals surface area contributed by atoms with Crippen molar-refractivity contribution in [3.63, 3.8) is 0 Å². The van der Waals surface area contributed by atoms with Gasteiger partial charge in [-0.25, -0.2) is 8.42 Å². The van der Waals surface area contributed by atoms with E-state index in [1.54, 1.807) is 4.31 Å². The molecule has 2 aromatic carbocycles. The summed E-state index contributed by atoms with van der Waals surface area (Å²) in [6, 6.07) is 13.4. The molecule has 1 saturated heterocycles. The zero-order valence-corrected chi connectivity index (χ0v) is 17.0. The summed E-state index contributed by atoms with van der Waals surface area (Å²) in [5, 5.41) is 0.698. The van der Waals surface area contributed by atoms with E-state index in [0.717, 1.165) is 16.8 Å². The molecule has 140 valence electrons. The van der Waals surface area contributed by atoms with Gasteiger partial charge in [0.25, 0.3) is 0 Å². The molecular weight excluding hydrogens is 368 g/mol. The molecule has 3 rings (SSSR count). The van der Waals surface area contributed by atoms with E-state index in [0.29, 0.717) is 42.0 Å². The van der Waals surface area contributed by atoms with Crippen LogP contribution < -0.4 is 4.90 Å². The standard InChI is InChI=1S/C20H25ClN2O2S/c1-15(2)17-9-8-16(3)20(14-17)26(24,25)23-12-10-22(11-13-23)19-7-5-4-6-18(19)21/h4-9,14-15H,10-13H2,1-3H3. The van der Waals surface area contributed by atoms with E-state index in [1.165, 1.54) is 0 Å². The number of sulfonamides is 1. The molecule has 1 fully saturated rings. The van der Waals surface area contributed by atoms with Crippen LogP contribution >= 0.6 is 11.6 Å². The van der Waals surface area contributed by atoms with Gasteiger partial charge in [-0.15, -0.1) is 0 Å². The summed E-state index contributed by atoms with van der Waals surface area (Å²) in [5.74, 6) is 0.293. The second-order valence-corrected chi connectivity index (χ2v) is 9.34. The Labute approximate surface area is 161 Å². The molecule has 0 saturated carbocycles. The predicted octanol–water partition coefficient (Wildman–Crippen LogP) is 4.28. The molecular formula is C20H25ClN2O2S. The number of halogens is 1. The fourth-order valence-corrected chi connectivity index (χ4v) is 5.21. The summed E-state index contributed by atoms with van der Waals surface area (Å²) in [7, 11) is -3.49. The maximum absolute atomic E-state index is 13.2. The van der Waals surface area contributed by atoms with E-state index in [9.17, 15) is 8.42 Å². The summed E-state index contributed by atoms with van der Waals surface area (Å²) >= 11 is 6.27. The first-order valence-corrected chi connectivity index (χ1v) is 10.7. The van der Waals surface area contributed by atoms with E-state index in [2.05, 4.69) is 18.7 Å². The summed E-state index contributed by atoms with van der Waals surface area (Å²) in [6.07, 6.45) is 0. The molecule has 0 aromatic heterocycles. The van der Waals surface area contributed by atoms with Crippen molar-refractivity contribution in [1.82, 2.24) is 4.31 Å². The second kappa shape index (κ2) is 7.59. The van der Waals surface area contributed by atoms with Crippen LogP contribution in [-0.4, -0.2) is 38.9 Å². The highest BCUT2D eigenvalue weighted by atomic mass is 35.5. The van der Waals surface area contributed by atoms with Crippen LogP contribution in [0.15, 0.2) is 47.4 Å². The van der Waals surface area contributed by atoms with Gasteiger partial charge in [-0.3, -0.25) is 0 Å². The molecule has 4 nitrogen and oxygen atoms in total. The Hall–Kier alpha value is -1.56. The lowest BCUT2D eigenvalue weighted by molar-refractivity contribution is 0.384. The SMILES string of the molecule is Cc1ccc(C(C)C)cc1S(=O)(=O)N1CCN(c2ccccc2Cl)CC1. The van der Waals surface area contributed by atoms with Crippen LogP contribution in [0.3, 0.4) is 0 Å². The minimum Gasteiger partial charge on any atom is -0.368 e. The first kappa shape index (κ1) is 19.2. The molecule has 0 amide bonds. The van der Waals surface area contributed by atoms with Crippen molar-refractivity contribution >= 4 is 27.3 Å². The summed E-state index contributed by atoms with van der Waals surface area (Å²) in [5.41, 5.74) is 2.80. The average Bonchev–Trinajstić information content (AvgIpc) is 2.62. The third kappa shape index (κ3) is 3.75. The molecule has 0 unspecified atom stereocenters. The largest absolute Gasteiger partial charge is 0.368 e. The molecule has 0 N–H and O–H groups in total. The topological polar surface area (TPSA) is 40.6 Å². The average molecular weight is 393 g/mol. The maximum atomic E-state index is 13.2. The molecule has 0 bridgehead atoms. The lowest BCUT2D eigenvalue weighted by Gasteiger charge is -2.36. The van der Waals surface area contributed by atoms with Crippen LogP contribution in [0.1, 0.15) is 30.9 Å². The Kier molecular flexibility index (Phi) is 5.61. The maximum Gasteiger partial charge on any atom is 0.243 e. The highest BCUT2D eigenvalue weighted by Crippen LogP contribution is 2.29. The van der Waals surface area contributed by atoms with E-state index in [4.69, 9.17) is 11.6 Å². The first-order valence-electron chi connectivity index (χ1n) is 8.91. The van der Waals surface area contributed by atoms with E-state index < -0.39 is 10.0 Å². The van der Waals surface area contributed by atoms with Crippen LogP contribution in [0.2, 0.25) is 5.02 Å². The van der Waals surface area contributed by atoms with Crippen molar-refractivity contribution in [2.75, 3.05) is 31.1 Å². The predicted molar refractivity (Wildman–Crippen MR) is 108 cm³/mol. The van der Waals surface area contributed by atoms with Gasteiger partial charge in [0.1, 0.15) is 0 Å². The molecule has 6 heteroatoms. The van der Waals surface area contributed by atoms with E-state index >= 15 is 0 Å². The number of rotatable bonds is 4. The van der Waals surface area contributed by atoms with Gasteiger partial charge < -0.3 is 4.90 Å². The molecule has 0 atom stereocenters. The lowest BCUT2D eigenvalue weighted by Crippen LogP contribution is -2.48. The van der Waals surface area contributed by atoms with Gasteiger partial charge >= 0.3 is 0 Å². The van der Waals surface area contributed by atoms with Gasteiger partial charge in [0.2, 0.25) is 10.0 Å². The normalized spacial score (nSPS) is 16.3. The Morgan fingerprint density at radius 2 is 1.65 bits per heavy atom. The fourth-order valence-electron chi connectivity index (χ4n) is 3.27. The van der Waals surface area contributed by atoms with E-state index in [-0.39, 0.29) is 0 Å². The number of anilines is 1. The lowest BCUT2D eigenvalue weighted by atomic mass is 10.0. The third-order valence-electron chi connectivity index (χ3n) is 4.93. The van der Waals surface area contributed by atoms with Gasteiger partial charge in [0.05, 0.1) is 15.6 Å². The smallest absolute Gasteiger partial charge is 0.243 e. The number of benzene rings is 2. The van der Waals surface area contributed by atoms with Crippen LogP contribution in [0.4, 0.5) is 5.69 Å². The van der Waals surface area contributed by atoms with Gasteiger partial charge in [-0.2, -0.15) is 4.31 Å². The van der Waals surface area contributed by atoms with Crippen molar-refractivity contribution in [3.05, 3.63) is 58.6 Å². The quantitative estimate of drug-likeness (QED) is 0.779. The molecule has 0 radical (unpaired) electrons. The summed E-state index contributed by atoms with van der Waals surface area (Å²) < 4.78 is 27.9. The molecule has 1 aliphatic rings. The molecule has 26 heavy (non-hydrogen) atoms. The second-order valence-electron chi connectivity index (χ2n) is 7.02. The minimum atomic E-state index is -3.49. The van der Waals surface area contributed by atoms with Crippen molar-refractivity contribution < 1.29 is 8.42 Å². The van der Waals surface area contributed by atoms with Gasteiger partial charge in [0, 0.05) is 26.2 Å². The fraction of sp³-hybridized carbons (Fsp3) is 0.400. The van der Waals surface area contributed by atoms with Crippen LogP contribution in [-0.2, 0) is 10.0 Å². The molecule has 2 aromatic rings. The number of aryl methyl sites for hydroxylation is 1. The van der Waals surface area contributed by atoms with Crippen molar-refractivity contribution in [1.29, 1.82) is 0 Å². The molecule has 0 spiro atoms. The van der Waals surface area contributed by atoms with Crippen molar-refractivity contribution in [2.24, 2.45) is 0 Å². The molecule has 0 aliphatic carbocycles. The number of piperazine rings is 1. The zero-order chi connectivity index (χ0) is 18.9. The van der Waals surface area contributed by atoms with Crippen LogP contribution in [0, 0.1) is 6.92 Å². The molecule has 1 heterocycles. The zero-order valence-electron chi connectivity index (χ0n) is 15.4. The Morgan fingerprint density at radius 3 is 2.27 bits per heavy atom. The number of hydrogen-bond donors (Lipinski definition) is 0. The van der Waals surface area contributed by atoms with Crippen molar-refractivity contribution in [2.45, 2.75) is 31.6 Å². The Bertz CT molecular complexity index is 888. The monoisotopic (exact) mass is 392 g/mol. The number of nitrogens with zero attached hydrogens (tertiary/aromatic N) is 2. The van der Waals surface area contributed by atoms with Crippen LogP contribution in [0.25, 0.3) is 0 Å². The van der Waals surface area contributed by atoms with Crippen molar-refractivity contribution in [3.8, 4) is 0 Å². The number of para-hydroxylation sites is 1. The van der Waals surface area contributed by atoms with E-state index in [1.807, 2.05) is 49.4 Å². The molecule has 1 aliphatic heterocycles. The Balaban J connectivity index is 1.81. The van der Waals surface area contributed by atoms with Crippen LogP contribution in [0.5, 0.6) is 0 Å². The van der Waals surface area contributed by atoms with Gasteiger partial charge in [-0.05, 0) is 42.2 Å². The van der Waals surface area contributed by atoms with Gasteiger partial charge in [-0.1, -0.05) is 49.7 Å². The minimum absolute atomic E-state index is 0.293. The first-order chi connectivity index (χ1) is 12.3. The van der Waals surface area contributed by atoms with Gasteiger partial charge in [0.15, 0.2) is 0 Å².